The van der Waals surface area contributed by atoms with Crippen LogP contribution in [0.1, 0.15) is 63.5 Å². The van der Waals surface area contributed by atoms with Crippen molar-refractivity contribution in [3.05, 3.63) is 71.9 Å². The number of fused-ring (bicyclic) bond motifs is 1. The first-order chi connectivity index (χ1) is 31.9. The fraction of sp³-hybridized carbons (Fsp3) is 0.467. The Hall–Kier alpha value is -7.36. The Morgan fingerprint density at radius 1 is 0.761 bits per heavy atom. The molecular weight excluding hydrogens is 871 g/mol. The quantitative estimate of drug-likeness (QED) is 0.0460. The number of nitrogens with zero attached hydrogens (tertiary/aromatic N) is 1. The molecule has 7 unspecified atom stereocenters. The van der Waals surface area contributed by atoms with Gasteiger partial charge in [-0.15, -0.1) is 0 Å². The van der Waals surface area contributed by atoms with E-state index >= 15 is 0 Å². The molecule has 3 aromatic rings. The van der Waals surface area contributed by atoms with Gasteiger partial charge in [0.15, 0.2) is 0 Å². The lowest BCUT2D eigenvalue weighted by Gasteiger charge is -2.29. The number of rotatable bonds is 23. The van der Waals surface area contributed by atoms with Crippen molar-refractivity contribution in [3.8, 4) is 0 Å². The number of hydrogen-bond acceptors (Lipinski definition) is 11. The molecule has 67 heavy (non-hydrogen) atoms. The molecule has 0 aliphatic carbocycles. The monoisotopic (exact) mass is 929 g/mol. The van der Waals surface area contributed by atoms with Crippen LogP contribution >= 0.6 is 0 Å². The second-order valence-corrected chi connectivity index (χ2v) is 17.1. The summed E-state index contributed by atoms with van der Waals surface area (Å²) in [6.45, 7) is 2.19. The van der Waals surface area contributed by atoms with Crippen LogP contribution in [0.15, 0.2) is 60.8 Å². The van der Waals surface area contributed by atoms with Crippen molar-refractivity contribution in [3.63, 3.8) is 0 Å². The maximum atomic E-state index is 14.0. The number of nitrogens with two attached hydrogens (primary N) is 2. The number of carbonyl (C=O) groups is 10. The Balaban J connectivity index is 1.23. The van der Waals surface area contributed by atoms with Gasteiger partial charge in [-0.1, -0.05) is 62.4 Å². The zero-order valence-corrected chi connectivity index (χ0v) is 37.3. The molecule has 3 heterocycles. The highest BCUT2D eigenvalue weighted by atomic mass is 16.3. The van der Waals surface area contributed by atoms with E-state index in [0.717, 1.165) is 21.4 Å². The van der Waals surface area contributed by atoms with E-state index in [4.69, 9.17) is 11.5 Å². The summed E-state index contributed by atoms with van der Waals surface area (Å²) in [5.41, 5.74) is 13.2. The maximum Gasteiger partial charge on any atom is 0.248 e. The molecule has 22 nitrogen and oxygen atoms in total. The zero-order chi connectivity index (χ0) is 48.8. The summed E-state index contributed by atoms with van der Waals surface area (Å²) in [5, 5.41) is 28.9. The summed E-state index contributed by atoms with van der Waals surface area (Å²) < 4.78 is 0. The first kappa shape index (κ1) is 50.6. The van der Waals surface area contributed by atoms with Crippen molar-refractivity contribution < 1.29 is 53.1 Å². The molecule has 22 heteroatoms. The smallest absolute Gasteiger partial charge is 0.248 e. The van der Waals surface area contributed by atoms with Crippen LogP contribution in [-0.4, -0.2) is 136 Å². The van der Waals surface area contributed by atoms with Gasteiger partial charge in [0.2, 0.25) is 59.1 Å². The molecule has 360 valence electrons. The van der Waals surface area contributed by atoms with Crippen LogP contribution < -0.4 is 48.7 Å². The lowest BCUT2D eigenvalue weighted by molar-refractivity contribution is -0.143. The van der Waals surface area contributed by atoms with Gasteiger partial charge < -0.3 is 63.7 Å². The molecule has 2 saturated heterocycles. The molecule has 13 N–H and O–H groups in total. The molecule has 2 fully saturated rings. The molecule has 10 amide bonds. The van der Waals surface area contributed by atoms with E-state index in [1.807, 2.05) is 24.3 Å². The number of H-pyrrole nitrogens is 1. The molecule has 1 aromatic heterocycles. The average molecular weight is 930 g/mol. The van der Waals surface area contributed by atoms with Gasteiger partial charge in [0.1, 0.15) is 42.3 Å². The molecule has 0 radical (unpaired) electrons. The van der Waals surface area contributed by atoms with Gasteiger partial charge in [0.05, 0.1) is 19.6 Å². The maximum absolute atomic E-state index is 14.0. The number of amides is 10. The Morgan fingerprint density at radius 2 is 1.42 bits per heavy atom. The van der Waals surface area contributed by atoms with E-state index in [1.54, 1.807) is 50.4 Å². The molecule has 0 saturated carbocycles. The van der Waals surface area contributed by atoms with Crippen molar-refractivity contribution in [2.24, 2.45) is 17.4 Å². The highest BCUT2D eigenvalue weighted by Gasteiger charge is 2.39. The Labute approximate surface area is 385 Å². The summed E-state index contributed by atoms with van der Waals surface area (Å²) in [4.78, 5) is 135. The van der Waals surface area contributed by atoms with Crippen LogP contribution in [0.25, 0.3) is 10.9 Å². The van der Waals surface area contributed by atoms with Crippen molar-refractivity contribution in [1.82, 2.24) is 47.1 Å². The van der Waals surface area contributed by atoms with Gasteiger partial charge in [-0.3, -0.25) is 47.9 Å². The number of aliphatic hydroxyl groups excluding tert-OH is 1. The first-order valence-electron chi connectivity index (χ1n) is 22.1. The average Bonchev–Trinajstić information content (AvgIpc) is 4.07. The van der Waals surface area contributed by atoms with E-state index < -0.39 is 115 Å². The van der Waals surface area contributed by atoms with Gasteiger partial charge in [-0.2, -0.15) is 0 Å². The number of hydrogen-bond donors (Lipinski definition) is 11. The summed E-state index contributed by atoms with van der Waals surface area (Å²) in [7, 11) is 0. The lowest BCUT2D eigenvalue weighted by atomic mass is 10.0. The second kappa shape index (κ2) is 23.7. The first-order valence-corrected chi connectivity index (χ1v) is 22.1. The molecule has 2 aromatic carbocycles. The lowest BCUT2D eigenvalue weighted by Crippen LogP contribution is -2.61. The Kier molecular flexibility index (Phi) is 17.9. The minimum atomic E-state index is -1.63. The molecular formula is C45H59N11O11. The fourth-order valence-corrected chi connectivity index (χ4v) is 8.03. The van der Waals surface area contributed by atoms with Crippen LogP contribution in [0, 0.1) is 5.92 Å². The van der Waals surface area contributed by atoms with E-state index in [-0.39, 0.29) is 56.9 Å². The molecule has 0 spiro atoms. The highest BCUT2D eigenvalue weighted by molar-refractivity contribution is 5.99. The van der Waals surface area contributed by atoms with Crippen LogP contribution in [0.5, 0.6) is 0 Å². The molecule has 7 atom stereocenters. The number of primary amides is 2. The minimum Gasteiger partial charge on any atom is -0.394 e. The third-order valence-corrected chi connectivity index (χ3v) is 11.4. The Morgan fingerprint density at radius 3 is 2.07 bits per heavy atom. The van der Waals surface area contributed by atoms with Crippen LogP contribution in [0.4, 0.5) is 0 Å². The van der Waals surface area contributed by atoms with Gasteiger partial charge in [0, 0.05) is 42.9 Å². The van der Waals surface area contributed by atoms with Gasteiger partial charge in [-0.05, 0) is 48.8 Å². The third-order valence-electron chi connectivity index (χ3n) is 11.4. The summed E-state index contributed by atoms with van der Waals surface area (Å²) in [6.07, 6.45) is 1.99. The van der Waals surface area contributed by atoms with E-state index in [1.165, 1.54) is 0 Å². The SMILES string of the molecule is CC(C)CC(NC(=O)C1CCC(=O)N1)C(=O)NC(CC(N)=O)C(=O)NC(Cc1ccccc1)C(=O)NC(CO)C(=O)N1CCCC1C(=O)NCC(=O)NC(Cc1c[nH]c2ccccc12)C(N)=O. The number of likely N-dealkylation sites (tertiary alicyclic amines) is 1. The normalized spacial score (nSPS) is 17.9. The number of aromatic nitrogens is 1. The van der Waals surface area contributed by atoms with Crippen molar-refractivity contribution in [2.45, 2.75) is 108 Å². The standard InChI is InChI=1S/C45H59N11O11/c1-24(2)17-31(52-40(62)29-14-15-37(59)50-29)41(63)54-33(20-36(46)58)43(65)53-32(18-25-9-4-3-5-10-25)42(64)55-34(23-57)45(67)56-16-8-13-35(56)44(66)49-22-38(60)51-30(39(47)61)19-26-21-48-28-12-7-6-11-27(26)28/h3-7,9-12,21,24,29-35,48,57H,8,13-20,22-23H2,1-2H3,(H2,46,58)(H2,47,61)(H,49,66)(H,50,59)(H,51,60)(H,52,62)(H,53,65)(H,54,63)(H,55,64). The van der Waals surface area contributed by atoms with E-state index in [9.17, 15) is 53.1 Å². The third kappa shape index (κ3) is 14.3. The largest absolute Gasteiger partial charge is 0.394 e. The number of benzene rings is 2. The summed E-state index contributed by atoms with van der Waals surface area (Å²) in [5.74, 6) is -7.83. The summed E-state index contributed by atoms with van der Waals surface area (Å²) in [6, 6.07) is 6.90. The predicted octanol–water partition coefficient (Wildman–Crippen LogP) is -2.84. The predicted molar refractivity (Wildman–Crippen MR) is 240 cm³/mol. The second-order valence-electron chi connectivity index (χ2n) is 17.1. The zero-order valence-electron chi connectivity index (χ0n) is 37.3. The van der Waals surface area contributed by atoms with E-state index in [2.05, 4.69) is 42.2 Å². The molecule has 2 aliphatic rings. The highest BCUT2D eigenvalue weighted by Crippen LogP contribution is 2.21. The van der Waals surface area contributed by atoms with Crippen molar-refractivity contribution >= 4 is 70.0 Å². The fourth-order valence-electron chi connectivity index (χ4n) is 8.03. The van der Waals surface area contributed by atoms with E-state index in [0.29, 0.717) is 12.0 Å². The number of aliphatic hydroxyl groups is 1. The topological polar surface area (TPSA) is 346 Å². The molecule has 0 bridgehead atoms. The number of para-hydroxylation sites is 1. The van der Waals surface area contributed by atoms with Gasteiger partial charge in [0.25, 0.3) is 0 Å². The number of nitrogens with one attached hydrogen (secondary N) is 8. The summed E-state index contributed by atoms with van der Waals surface area (Å²) >= 11 is 0. The minimum absolute atomic E-state index is 0.0656. The van der Waals surface area contributed by atoms with Crippen molar-refractivity contribution in [2.75, 3.05) is 19.7 Å². The number of carbonyl (C=O) groups excluding carboxylic acids is 10. The number of aromatic amines is 1. The molecule has 2 aliphatic heterocycles. The van der Waals surface area contributed by atoms with Gasteiger partial charge >= 0.3 is 0 Å². The molecule has 5 rings (SSSR count). The Bertz CT molecular complexity index is 2320. The van der Waals surface area contributed by atoms with Crippen LogP contribution in [0.2, 0.25) is 0 Å². The van der Waals surface area contributed by atoms with Gasteiger partial charge in [-0.25, -0.2) is 0 Å². The van der Waals surface area contributed by atoms with Crippen molar-refractivity contribution in [1.29, 1.82) is 0 Å². The van der Waals surface area contributed by atoms with Crippen LogP contribution in [0.3, 0.4) is 0 Å². The van der Waals surface area contributed by atoms with Crippen LogP contribution in [-0.2, 0) is 60.8 Å².